The molecule has 0 unspecified atom stereocenters. The molecule has 2 N–H and O–H groups in total. The van der Waals surface area contributed by atoms with Crippen molar-refractivity contribution < 1.29 is 19.8 Å². The van der Waals surface area contributed by atoms with E-state index in [4.69, 9.17) is 10.2 Å². The third-order valence-corrected chi connectivity index (χ3v) is 11.8. The van der Waals surface area contributed by atoms with Gasteiger partial charge in [-0.2, -0.15) is 0 Å². The molecule has 0 heterocycles. The van der Waals surface area contributed by atoms with Gasteiger partial charge in [0.05, 0.1) is 0 Å². The SMILES string of the molecule is O=C(O)CCCCCCCCCCCCCCCCCCCCCCCCCCCCCCCCCCCCCCCCCCCCCCCC(=O)O. The molecule has 0 amide bonds. The van der Waals surface area contributed by atoms with E-state index in [0.29, 0.717) is 12.8 Å². The Labute approximate surface area is 332 Å². The first-order valence-corrected chi connectivity index (χ1v) is 24.6. The van der Waals surface area contributed by atoms with Crippen molar-refractivity contribution in [2.45, 2.75) is 302 Å². The Morgan fingerprint density at radius 3 is 0.321 bits per heavy atom. The normalized spacial score (nSPS) is 11.5. The highest BCUT2D eigenvalue weighted by molar-refractivity contribution is 5.66. The number of carboxylic acid groups (broad SMARTS) is 2. The zero-order valence-corrected chi connectivity index (χ0v) is 35.9. The van der Waals surface area contributed by atoms with Gasteiger partial charge in [0, 0.05) is 12.8 Å². The summed E-state index contributed by atoms with van der Waals surface area (Å²) in [5, 5.41) is 17.3. The first kappa shape index (κ1) is 51.9. The van der Waals surface area contributed by atoms with E-state index >= 15 is 0 Å². The van der Waals surface area contributed by atoms with Crippen LogP contribution in [0.3, 0.4) is 0 Å². The van der Waals surface area contributed by atoms with Crippen LogP contribution < -0.4 is 0 Å². The minimum atomic E-state index is -0.650. The zero-order chi connectivity index (χ0) is 38.4. The van der Waals surface area contributed by atoms with E-state index in [1.165, 1.54) is 263 Å². The second kappa shape index (κ2) is 47.1. The van der Waals surface area contributed by atoms with Gasteiger partial charge in [-0.05, 0) is 12.8 Å². The monoisotopic (exact) mass is 749 g/mol. The molecule has 53 heavy (non-hydrogen) atoms. The number of carbonyl (C=O) groups is 2. The van der Waals surface area contributed by atoms with Crippen LogP contribution in [0.5, 0.6) is 0 Å². The summed E-state index contributed by atoms with van der Waals surface area (Å²) >= 11 is 0. The predicted octanol–water partition coefficient (Wildman–Crippen LogP) is 17.5. The average molecular weight is 749 g/mol. The van der Waals surface area contributed by atoms with Crippen molar-refractivity contribution in [1.29, 1.82) is 0 Å². The molecule has 0 fully saturated rings. The highest BCUT2D eigenvalue weighted by atomic mass is 16.4. The van der Waals surface area contributed by atoms with Crippen molar-refractivity contribution in [3.8, 4) is 0 Å². The quantitative estimate of drug-likeness (QED) is 0.0608. The Morgan fingerprint density at radius 1 is 0.170 bits per heavy atom. The van der Waals surface area contributed by atoms with E-state index in [-0.39, 0.29) is 0 Å². The predicted molar refractivity (Wildman–Crippen MR) is 232 cm³/mol. The van der Waals surface area contributed by atoms with Crippen molar-refractivity contribution in [2.24, 2.45) is 0 Å². The first-order chi connectivity index (χ1) is 26.1. The van der Waals surface area contributed by atoms with Gasteiger partial charge in [-0.3, -0.25) is 9.59 Å². The van der Waals surface area contributed by atoms with Gasteiger partial charge in [0.25, 0.3) is 0 Å². The van der Waals surface area contributed by atoms with E-state index in [9.17, 15) is 9.59 Å². The molecule has 0 aromatic carbocycles. The number of rotatable bonds is 48. The van der Waals surface area contributed by atoms with E-state index in [0.717, 1.165) is 25.7 Å². The molecule has 0 saturated heterocycles. The van der Waals surface area contributed by atoms with E-state index in [1.54, 1.807) is 0 Å². The largest absolute Gasteiger partial charge is 0.481 e. The molecule has 0 atom stereocenters. The molecule has 0 aromatic rings. The summed E-state index contributed by atoms with van der Waals surface area (Å²) in [6.45, 7) is 0. The molecule has 0 radical (unpaired) electrons. The van der Waals surface area contributed by atoms with Crippen molar-refractivity contribution in [3.63, 3.8) is 0 Å². The molecule has 316 valence electrons. The van der Waals surface area contributed by atoms with Gasteiger partial charge in [0.1, 0.15) is 0 Å². The van der Waals surface area contributed by atoms with Crippen LogP contribution in [0.15, 0.2) is 0 Å². The van der Waals surface area contributed by atoms with E-state index in [2.05, 4.69) is 0 Å². The molecule has 0 spiro atoms. The summed E-state index contributed by atoms with van der Waals surface area (Å²) in [5.41, 5.74) is 0. The molecule has 0 aromatic heterocycles. The number of carboxylic acids is 2. The molecule has 0 aliphatic heterocycles. The van der Waals surface area contributed by atoms with Crippen LogP contribution in [0, 0.1) is 0 Å². The van der Waals surface area contributed by atoms with Gasteiger partial charge in [0.2, 0.25) is 0 Å². The van der Waals surface area contributed by atoms with Gasteiger partial charge in [0.15, 0.2) is 0 Å². The van der Waals surface area contributed by atoms with Crippen LogP contribution in [0.4, 0.5) is 0 Å². The summed E-state index contributed by atoms with van der Waals surface area (Å²) in [4.78, 5) is 21.0. The van der Waals surface area contributed by atoms with Gasteiger partial charge in [-0.25, -0.2) is 0 Å². The fourth-order valence-electron chi connectivity index (χ4n) is 8.15. The first-order valence-electron chi connectivity index (χ1n) is 24.6. The van der Waals surface area contributed by atoms with Gasteiger partial charge >= 0.3 is 11.9 Å². The summed E-state index contributed by atoms with van der Waals surface area (Å²) < 4.78 is 0. The topological polar surface area (TPSA) is 74.6 Å². The lowest BCUT2D eigenvalue weighted by Gasteiger charge is -2.05. The second-order valence-electron chi connectivity index (χ2n) is 17.2. The van der Waals surface area contributed by atoms with Crippen molar-refractivity contribution in [1.82, 2.24) is 0 Å². The van der Waals surface area contributed by atoms with Crippen LogP contribution in [-0.4, -0.2) is 22.2 Å². The van der Waals surface area contributed by atoms with Crippen LogP contribution >= 0.6 is 0 Å². The smallest absolute Gasteiger partial charge is 0.303 e. The van der Waals surface area contributed by atoms with Crippen LogP contribution in [0.25, 0.3) is 0 Å². The highest BCUT2D eigenvalue weighted by Crippen LogP contribution is 2.18. The van der Waals surface area contributed by atoms with Gasteiger partial charge in [-0.1, -0.05) is 276 Å². The van der Waals surface area contributed by atoms with E-state index in [1.807, 2.05) is 0 Å². The zero-order valence-electron chi connectivity index (χ0n) is 35.9. The molecule has 0 aliphatic carbocycles. The lowest BCUT2D eigenvalue weighted by molar-refractivity contribution is -0.138. The average Bonchev–Trinajstić information content (AvgIpc) is 3.14. The maximum Gasteiger partial charge on any atom is 0.303 e. The number of aliphatic carboxylic acids is 2. The molecule has 0 rings (SSSR count). The summed E-state index contributed by atoms with van der Waals surface area (Å²) in [6.07, 6.45) is 62.8. The lowest BCUT2D eigenvalue weighted by Crippen LogP contribution is -1.93. The molecule has 0 bridgehead atoms. The molecular formula is C49H96O4. The fraction of sp³-hybridized carbons (Fsp3) is 0.959. The summed E-state index contributed by atoms with van der Waals surface area (Å²) in [7, 11) is 0. The van der Waals surface area contributed by atoms with Crippen molar-refractivity contribution in [2.75, 3.05) is 0 Å². The minimum Gasteiger partial charge on any atom is -0.481 e. The van der Waals surface area contributed by atoms with Crippen molar-refractivity contribution >= 4 is 11.9 Å². The van der Waals surface area contributed by atoms with Crippen LogP contribution in [0.2, 0.25) is 0 Å². The van der Waals surface area contributed by atoms with Crippen molar-refractivity contribution in [3.05, 3.63) is 0 Å². The number of hydrogen-bond acceptors (Lipinski definition) is 2. The molecule has 0 aliphatic rings. The van der Waals surface area contributed by atoms with Crippen LogP contribution in [-0.2, 0) is 9.59 Å². The maximum atomic E-state index is 10.5. The second-order valence-corrected chi connectivity index (χ2v) is 17.2. The van der Waals surface area contributed by atoms with Gasteiger partial charge in [-0.15, -0.1) is 0 Å². The highest BCUT2D eigenvalue weighted by Gasteiger charge is 2.00. The third kappa shape index (κ3) is 50.9. The Hall–Kier alpha value is -1.06. The summed E-state index contributed by atoms with van der Waals surface area (Å²) in [6, 6.07) is 0. The Balaban J connectivity index is 3.06. The van der Waals surface area contributed by atoms with E-state index < -0.39 is 11.9 Å². The van der Waals surface area contributed by atoms with Gasteiger partial charge < -0.3 is 10.2 Å². The minimum absolute atomic E-state index is 0.343. The Morgan fingerprint density at radius 2 is 0.245 bits per heavy atom. The lowest BCUT2D eigenvalue weighted by atomic mass is 10.0. The Bertz CT molecular complexity index is 649. The molecule has 4 heteroatoms. The number of unbranched alkanes of at least 4 members (excludes halogenated alkanes) is 44. The fourth-order valence-corrected chi connectivity index (χ4v) is 8.15. The molecular weight excluding hydrogens is 653 g/mol. The number of hydrogen-bond donors (Lipinski definition) is 2. The molecule has 4 nitrogen and oxygen atoms in total. The maximum absolute atomic E-state index is 10.5. The summed E-state index contributed by atoms with van der Waals surface area (Å²) in [5.74, 6) is -1.30. The third-order valence-electron chi connectivity index (χ3n) is 11.8. The standard InChI is InChI=1S/C49H96O4/c50-48(51)46-44-42-40-38-36-34-32-30-28-26-24-22-20-18-16-14-12-10-8-6-4-2-1-3-5-7-9-11-13-15-17-19-21-23-25-27-29-31-33-35-37-39-41-43-45-47-49(52)53/h1-47H2,(H,50,51)(H,52,53). The Kier molecular flexibility index (Phi) is 46.2. The molecule has 0 saturated carbocycles. The van der Waals surface area contributed by atoms with Crippen LogP contribution in [0.1, 0.15) is 302 Å².